The maximum Gasteiger partial charge on any atom is 0.306 e. The lowest BCUT2D eigenvalue weighted by Gasteiger charge is -2.28. The van der Waals surface area contributed by atoms with Gasteiger partial charge in [0.1, 0.15) is 19.8 Å². The molecule has 0 radical (unpaired) electrons. The van der Waals surface area contributed by atoms with Crippen LogP contribution in [0.1, 0.15) is 271 Å². The first-order valence-corrected chi connectivity index (χ1v) is 34.1. The molecule has 0 bridgehead atoms. The number of phosphoric ester groups is 1. The molecule has 0 aromatic heterocycles. The zero-order chi connectivity index (χ0) is 58.4. The van der Waals surface area contributed by atoms with Gasteiger partial charge in [-0.3, -0.25) is 14.2 Å². The Labute approximate surface area is 493 Å². The molecular formula is C70H122NO8P. The average molecular weight is 1140 g/mol. The van der Waals surface area contributed by atoms with Gasteiger partial charge in [0.25, 0.3) is 7.82 Å². The number of ether oxygens (including phenoxy) is 2. The summed E-state index contributed by atoms with van der Waals surface area (Å²) in [7, 11) is 1.15. The normalized spacial score (nSPS) is 13.9. The number of esters is 2. The molecular weight excluding hydrogens is 1010 g/mol. The molecule has 2 unspecified atom stereocenters. The first-order valence-electron chi connectivity index (χ1n) is 32.6. The lowest BCUT2D eigenvalue weighted by Crippen LogP contribution is -2.37. The van der Waals surface area contributed by atoms with Gasteiger partial charge in [0, 0.05) is 12.8 Å². The van der Waals surface area contributed by atoms with E-state index in [-0.39, 0.29) is 32.0 Å². The minimum absolute atomic E-state index is 0.0375. The Morgan fingerprint density at radius 2 is 0.713 bits per heavy atom. The number of allylic oxidation sites excluding steroid dienone is 18. The van der Waals surface area contributed by atoms with Crippen molar-refractivity contribution in [1.82, 2.24) is 0 Å². The zero-order valence-corrected chi connectivity index (χ0v) is 53.1. The maximum atomic E-state index is 12.8. The predicted molar refractivity (Wildman–Crippen MR) is 342 cm³/mol. The summed E-state index contributed by atoms with van der Waals surface area (Å²) in [4.78, 5) is 38.0. The van der Waals surface area contributed by atoms with E-state index < -0.39 is 26.5 Å². The second-order valence-corrected chi connectivity index (χ2v) is 24.2. The number of hydrogen-bond donors (Lipinski definition) is 0. The highest BCUT2D eigenvalue weighted by Crippen LogP contribution is 2.38. The fraction of sp³-hybridized carbons (Fsp3) is 0.714. The van der Waals surface area contributed by atoms with Crippen LogP contribution in [-0.4, -0.2) is 70.0 Å². The van der Waals surface area contributed by atoms with Crippen molar-refractivity contribution in [2.75, 3.05) is 47.5 Å². The molecule has 2 atom stereocenters. The van der Waals surface area contributed by atoms with E-state index in [4.69, 9.17) is 18.5 Å². The topological polar surface area (TPSA) is 111 Å². The Kier molecular flexibility index (Phi) is 57.8. The fourth-order valence-corrected chi connectivity index (χ4v) is 9.51. The zero-order valence-electron chi connectivity index (χ0n) is 52.2. The van der Waals surface area contributed by atoms with Crippen molar-refractivity contribution in [3.63, 3.8) is 0 Å². The van der Waals surface area contributed by atoms with E-state index in [0.29, 0.717) is 17.4 Å². The number of quaternary nitrogens is 1. The summed E-state index contributed by atoms with van der Waals surface area (Å²) in [5, 5.41) is 0. The number of rotatable bonds is 59. The summed E-state index contributed by atoms with van der Waals surface area (Å²) >= 11 is 0. The van der Waals surface area contributed by atoms with Gasteiger partial charge in [-0.15, -0.1) is 0 Å². The van der Waals surface area contributed by atoms with E-state index in [0.717, 1.165) is 96.3 Å². The highest BCUT2D eigenvalue weighted by Gasteiger charge is 2.22. The van der Waals surface area contributed by atoms with Crippen LogP contribution in [0.25, 0.3) is 0 Å². The third-order valence-electron chi connectivity index (χ3n) is 13.8. The molecule has 0 spiro atoms. The molecule has 0 amide bonds. The van der Waals surface area contributed by atoms with Crippen molar-refractivity contribution in [3.05, 3.63) is 109 Å². The van der Waals surface area contributed by atoms with Crippen LogP contribution >= 0.6 is 7.82 Å². The number of phosphoric acid groups is 1. The molecule has 0 N–H and O–H groups in total. The second-order valence-electron chi connectivity index (χ2n) is 22.7. The number of likely N-dealkylation sites (N-methyl/N-ethyl adjacent to an activating group) is 1. The number of unbranched alkanes of at least 4 members (excludes halogenated alkanes) is 27. The second kappa shape index (κ2) is 60.3. The van der Waals surface area contributed by atoms with E-state index >= 15 is 0 Å². The van der Waals surface area contributed by atoms with E-state index in [1.807, 2.05) is 21.1 Å². The number of carbonyl (C=O) groups excluding carboxylic acids is 2. The third-order valence-corrected chi connectivity index (χ3v) is 14.7. The SMILES string of the molecule is CC/C=C\C/C=C\C/C=C\C/C=C\C/C=C\C/C=C\CCCCCCCCCCC(=O)OC(COC(=O)CCCCCCCCCCCCCCCC/C=C\C/C=C\C/C=C\CCCCCCC)COP(=O)([O-])OCC[N+](C)(C)C. The highest BCUT2D eigenvalue weighted by atomic mass is 31.2. The summed E-state index contributed by atoms with van der Waals surface area (Å²) in [5.74, 6) is -0.844. The Balaban J connectivity index is 4.14. The summed E-state index contributed by atoms with van der Waals surface area (Å²) < 4.78 is 34.3. The van der Waals surface area contributed by atoms with Crippen molar-refractivity contribution in [2.24, 2.45) is 0 Å². The molecule has 10 heteroatoms. The van der Waals surface area contributed by atoms with E-state index in [9.17, 15) is 19.0 Å². The fourth-order valence-electron chi connectivity index (χ4n) is 8.79. The molecule has 0 rings (SSSR count). The Hall–Kier alpha value is -3.33. The predicted octanol–water partition coefficient (Wildman–Crippen LogP) is 20.3. The number of hydrogen-bond acceptors (Lipinski definition) is 8. The first-order chi connectivity index (χ1) is 39.0. The summed E-state index contributed by atoms with van der Waals surface area (Å²) in [6, 6.07) is 0. The van der Waals surface area contributed by atoms with Gasteiger partial charge in [-0.05, 0) is 103 Å². The van der Waals surface area contributed by atoms with Crippen LogP contribution in [0.5, 0.6) is 0 Å². The lowest BCUT2D eigenvalue weighted by molar-refractivity contribution is -0.870. The molecule has 0 fully saturated rings. The van der Waals surface area contributed by atoms with E-state index in [1.54, 1.807) is 0 Å². The van der Waals surface area contributed by atoms with Gasteiger partial charge in [0.2, 0.25) is 0 Å². The lowest BCUT2D eigenvalue weighted by atomic mass is 10.0. The molecule has 0 aliphatic rings. The monoisotopic (exact) mass is 1140 g/mol. The van der Waals surface area contributed by atoms with Crippen LogP contribution in [0.4, 0.5) is 0 Å². The minimum atomic E-state index is -4.65. The molecule has 0 aliphatic heterocycles. The number of carbonyl (C=O) groups is 2. The first kappa shape index (κ1) is 76.7. The van der Waals surface area contributed by atoms with Crippen molar-refractivity contribution >= 4 is 19.8 Å². The Morgan fingerprint density at radius 1 is 0.400 bits per heavy atom. The van der Waals surface area contributed by atoms with Crippen LogP contribution in [-0.2, 0) is 32.7 Å². The molecule has 460 valence electrons. The quantitative estimate of drug-likeness (QED) is 0.0195. The van der Waals surface area contributed by atoms with Gasteiger partial charge in [0.05, 0.1) is 27.7 Å². The van der Waals surface area contributed by atoms with Crippen LogP contribution < -0.4 is 4.89 Å². The number of nitrogens with zero attached hydrogens (tertiary/aromatic N) is 1. The van der Waals surface area contributed by atoms with Gasteiger partial charge in [-0.1, -0.05) is 264 Å². The van der Waals surface area contributed by atoms with Crippen molar-refractivity contribution < 1.29 is 42.1 Å². The van der Waals surface area contributed by atoms with Crippen LogP contribution in [0.15, 0.2) is 109 Å². The molecule has 0 saturated carbocycles. The molecule has 0 aromatic rings. The summed E-state index contributed by atoms with van der Waals surface area (Å²) in [6.07, 6.45) is 84.3. The smallest absolute Gasteiger partial charge is 0.306 e. The summed E-state index contributed by atoms with van der Waals surface area (Å²) in [6.45, 7) is 4.11. The third kappa shape index (κ3) is 63.8. The molecule has 0 aromatic carbocycles. The summed E-state index contributed by atoms with van der Waals surface area (Å²) in [5.41, 5.74) is 0. The van der Waals surface area contributed by atoms with Crippen molar-refractivity contribution in [2.45, 2.75) is 277 Å². The standard InChI is InChI=1S/C70H122NO8P/c1-6-8-10-12-14-16-18-20-22-24-26-28-30-32-34-35-37-38-40-42-44-46-48-50-52-54-56-58-60-62-69(72)76-66-68(67-78-80(74,75)77-65-64-71(3,4)5)79-70(73)63-61-59-57-55-53-51-49-47-45-43-41-39-36-33-31-29-27-25-23-21-19-17-15-13-11-9-7-2/h9,11,15,17-18,20-21,23-24,26-27,29-30,32-33,36,41,43,68H,6-8,10,12-14,16,19,22,25,28,31,34-35,37-40,42,44-67H2,1-5H3/b11-9-,17-15-,20-18-,23-21-,26-24-,29-27-,32-30-,36-33-,43-41-. The van der Waals surface area contributed by atoms with Gasteiger partial charge in [-0.2, -0.15) is 0 Å². The Morgan fingerprint density at radius 3 is 1.06 bits per heavy atom. The molecule has 0 aliphatic carbocycles. The van der Waals surface area contributed by atoms with Crippen molar-refractivity contribution in [3.8, 4) is 0 Å². The van der Waals surface area contributed by atoms with Crippen molar-refractivity contribution in [1.29, 1.82) is 0 Å². The molecule has 9 nitrogen and oxygen atoms in total. The maximum absolute atomic E-state index is 12.8. The van der Waals surface area contributed by atoms with E-state index in [1.165, 1.54) is 141 Å². The Bertz CT molecular complexity index is 1720. The van der Waals surface area contributed by atoms with Gasteiger partial charge in [-0.25, -0.2) is 0 Å². The molecule has 0 heterocycles. The van der Waals surface area contributed by atoms with Crippen LogP contribution in [0, 0.1) is 0 Å². The molecule has 0 saturated heterocycles. The largest absolute Gasteiger partial charge is 0.756 e. The van der Waals surface area contributed by atoms with E-state index in [2.05, 4.69) is 123 Å². The average Bonchev–Trinajstić information content (AvgIpc) is 3.42. The van der Waals surface area contributed by atoms with Gasteiger partial charge in [0.15, 0.2) is 6.10 Å². The van der Waals surface area contributed by atoms with Crippen LogP contribution in [0.3, 0.4) is 0 Å². The molecule has 80 heavy (non-hydrogen) atoms. The highest BCUT2D eigenvalue weighted by molar-refractivity contribution is 7.45. The van der Waals surface area contributed by atoms with Crippen LogP contribution in [0.2, 0.25) is 0 Å². The van der Waals surface area contributed by atoms with Gasteiger partial charge < -0.3 is 27.9 Å². The minimum Gasteiger partial charge on any atom is -0.756 e. The van der Waals surface area contributed by atoms with Gasteiger partial charge >= 0.3 is 11.9 Å².